The molecule has 0 aliphatic carbocycles. The second-order valence-corrected chi connectivity index (χ2v) is 25.4. The number of hydrogen-bond acceptors (Lipinski definition) is 29. The molecule has 23 N–H and O–H groups in total. The van der Waals surface area contributed by atoms with E-state index in [0.29, 0.717) is 22.6 Å². The van der Waals surface area contributed by atoms with Crippen molar-refractivity contribution in [3.63, 3.8) is 0 Å². The van der Waals surface area contributed by atoms with Crippen LogP contribution in [0.1, 0.15) is 35.8 Å². The minimum atomic E-state index is -2.36. The normalized spacial score (nSPS) is 36.1. The highest BCUT2D eigenvalue weighted by Crippen LogP contribution is 2.39. The standard InChI is InChI=1S/C63H86N12O27/c1-24(26-7-5-4-6-8-26)39-55(91)69-31(13-25-9-11-28(12-10-25)97-60-49(87)46(84)51(36(22-78)99-60)102-61-50(88)47(85)52-37(100-61)23-96-59(101-52)27-14-29(94-2)16-30(15-27)95-3)54(90)73-40(42(80)32-17-67-62(64)71-32)57(93)74-41(56(92)70-33(20-76)53(89)66-19-38(79)72-39)43(81)34-18-68-63(65)75(34)58-48(86)45(83)44(82)35(21-77)98-58/h4-12,14-16,24,31-37,39-52,58-61,76-78,80-88H,13,17-23H2,1-3H3,(H2,65,68)(H,66,89)(H,69,91)(H,70,92)(H,72,79)(H,73,90)(H,74,93)(H3,64,67,71). The third-order valence-electron chi connectivity index (χ3n) is 18.7. The summed E-state index contributed by atoms with van der Waals surface area (Å²) in [6.45, 7) is -3.22. The van der Waals surface area contributed by atoms with Crippen LogP contribution < -0.4 is 62.1 Å². The molecule has 0 radical (unpaired) electrons. The summed E-state index contributed by atoms with van der Waals surface area (Å²) in [5, 5.41) is 173. The van der Waals surface area contributed by atoms with E-state index >= 15 is 9.59 Å². The van der Waals surface area contributed by atoms with Gasteiger partial charge in [0.2, 0.25) is 41.7 Å². The maximum atomic E-state index is 15.2. The summed E-state index contributed by atoms with van der Waals surface area (Å²) in [4.78, 5) is 88.4. The molecule has 10 rings (SSSR count). The summed E-state index contributed by atoms with van der Waals surface area (Å²) in [5.41, 5.74) is 1.18. The van der Waals surface area contributed by atoms with Gasteiger partial charge in [-0.3, -0.25) is 39.6 Å². The van der Waals surface area contributed by atoms with Crippen LogP contribution in [0.3, 0.4) is 0 Å². The number of guanidine groups is 2. The van der Waals surface area contributed by atoms with Gasteiger partial charge >= 0.3 is 0 Å². The molecule has 6 amide bonds. The lowest BCUT2D eigenvalue weighted by molar-refractivity contribution is -0.383. The van der Waals surface area contributed by atoms with Gasteiger partial charge in [0.25, 0.3) is 0 Å². The highest BCUT2D eigenvalue weighted by Gasteiger charge is 2.56. The summed E-state index contributed by atoms with van der Waals surface area (Å²) < 4.78 is 52.1. The molecule has 0 saturated carbocycles. The number of aliphatic hydroxyl groups excluding tert-OH is 12. The van der Waals surface area contributed by atoms with Gasteiger partial charge < -0.3 is 157 Å². The zero-order valence-electron chi connectivity index (χ0n) is 55.0. The van der Waals surface area contributed by atoms with Crippen molar-refractivity contribution in [2.75, 3.05) is 60.3 Å². The number of hydrogen-bond donors (Lipinski definition) is 23. The van der Waals surface area contributed by atoms with E-state index in [9.17, 15) is 80.5 Å². The predicted octanol–water partition coefficient (Wildman–Crippen LogP) is -10.4. The molecule has 7 aliphatic heterocycles. The highest BCUT2D eigenvalue weighted by atomic mass is 16.8. The van der Waals surface area contributed by atoms with Gasteiger partial charge in [-0.05, 0) is 35.4 Å². The fourth-order valence-corrected chi connectivity index (χ4v) is 12.9. The molecule has 7 saturated heterocycles. The van der Waals surface area contributed by atoms with E-state index in [1.54, 1.807) is 55.5 Å². The number of benzene rings is 3. The van der Waals surface area contributed by atoms with E-state index in [1.165, 1.54) is 38.5 Å². The van der Waals surface area contributed by atoms with E-state index in [4.69, 9.17) is 53.5 Å². The van der Waals surface area contributed by atoms with Crippen LogP contribution in [0.4, 0.5) is 0 Å². The van der Waals surface area contributed by atoms with E-state index in [1.807, 2.05) is 0 Å². The van der Waals surface area contributed by atoms with Crippen molar-refractivity contribution in [3.05, 3.63) is 89.5 Å². The Morgan fingerprint density at radius 3 is 1.86 bits per heavy atom. The van der Waals surface area contributed by atoms with Gasteiger partial charge in [-0.2, -0.15) is 0 Å². The lowest BCUT2D eigenvalue weighted by Crippen LogP contribution is -2.69. The van der Waals surface area contributed by atoms with Gasteiger partial charge in [-0.15, -0.1) is 0 Å². The molecule has 3 aromatic rings. The van der Waals surface area contributed by atoms with E-state index in [0.717, 1.165) is 4.90 Å². The van der Waals surface area contributed by atoms with Crippen LogP contribution in [0.2, 0.25) is 0 Å². The van der Waals surface area contributed by atoms with Gasteiger partial charge in [0.05, 0.1) is 59.3 Å². The molecule has 26 atom stereocenters. The van der Waals surface area contributed by atoms with Gasteiger partial charge in [-0.25, -0.2) is 0 Å². The molecule has 7 heterocycles. The molecule has 102 heavy (non-hydrogen) atoms. The summed E-state index contributed by atoms with van der Waals surface area (Å²) in [6, 6.07) is 5.73. The van der Waals surface area contributed by atoms with Crippen LogP contribution in [0, 0.1) is 10.8 Å². The lowest BCUT2D eigenvalue weighted by Gasteiger charge is -2.48. The molecular formula is C63H86N12O27. The van der Waals surface area contributed by atoms with Crippen LogP contribution in [0.25, 0.3) is 0 Å². The van der Waals surface area contributed by atoms with E-state index < -0.39 is 239 Å². The lowest BCUT2D eigenvalue weighted by atomic mass is 9.92. The zero-order chi connectivity index (χ0) is 73.5. The second-order valence-electron chi connectivity index (χ2n) is 25.4. The third kappa shape index (κ3) is 16.8. The highest BCUT2D eigenvalue weighted by molar-refractivity contribution is 5.98. The second kappa shape index (κ2) is 33.4. The van der Waals surface area contributed by atoms with Crippen molar-refractivity contribution in [2.45, 2.75) is 172 Å². The molecule has 7 fully saturated rings. The fourth-order valence-electron chi connectivity index (χ4n) is 12.9. The minimum absolute atomic E-state index is 0.0604. The molecule has 0 spiro atoms. The van der Waals surface area contributed by atoms with Crippen LogP contribution in [0.5, 0.6) is 17.2 Å². The third-order valence-corrected chi connectivity index (χ3v) is 18.7. The first-order valence-electron chi connectivity index (χ1n) is 32.6. The molecule has 39 heteroatoms. The van der Waals surface area contributed by atoms with Crippen LogP contribution in [-0.4, -0.2) is 320 Å². The molecule has 26 unspecified atom stereocenters. The number of methoxy groups -OCH3 is 2. The predicted molar refractivity (Wildman–Crippen MR) is 342 cm³/mol. The summed E-state index contributed by atoms with van der Waals surface area (Å²) in [5.74, 6) is -8.42. The first kappa shape index (κ1) is 76.3. The monoisotopic (exact) mass is 1440 g/mol. The topological polar surface area (TPSA) is 587 Å². The average Bonchev–Trinajstić information content (AvgIpc) is 1.33. The molecule has 7 aliphatic rings. The van der Waals surface area contributed by atoms with Crippen molar-refractivity contribution in [2.24, 2.45) is 0 Å². The number of fused-ring (bicyclic) bond motifs is 1. The van der Waals surface area contributed by atoms with E-state index in [-0.39, 0.29) is 30.4 Å². The van der Waals surface area contributed by atoms with Gasteiger partial charge in [0.1, 0.15) is 133 Å². The Kier molecular flexibility index (Phi) is 25.0. The number of rotatable bonds is 19. The van der Waals surface area contributed by atoms with Crippen molar-refractivity contribution in [1.82, 2.24) is 52.8 Å². The molecule has 560 valence electrons. The van der Waals surface area contributed by atoms with Crippen LogP contribution >= 0.6 is 0 Å². The minimum Gasteiger partial charge on any atom is -0.497 e. The number of nitrogens with one attached hydrogen (secondary N) is 11. The Morgan fingerprint density at radius 1 is 0.578 bits per heavy atom. The van der Waals surface area contributed by atoms with Gasteiger partial charge in [0.15, 0.2) is 30.7 Å². The molecule has 0 bridgehead atoms. The Labute approximate surface area is 581 Å². The summed E-state index contributed by atoms with van der Waals surface area (Å²) in [6.07, 6.45) is -31.4. The number of carbonyl (C=O) groups is 6. The Bertz CT molecular complexity index is 3420. The number of carbonyl (C=O) groups excluding carboxylic acids is 6. The molecule has 39 nitrogen and oxygen atoms in total. The first-order chi connectivity index (χ1) is 48.7. The van der Waals surface area contributed by atoms with Gasteiger partial charge in [0, 0.05) is 37.1 Å². The Morgan fingerprint density at radius 2 is 1.22 bits per heavy atom. The number of ether oxygens (including phenoxy) is 9. The SMILES string of the molecule is COc1cc(OC)cc(C2OCC3OC(OC4C(CO)OC(Oc5ccc(CC6NC(=O)C(C(C)c7ccccc7)NC(=O)CNC(=O)C(CO)NC(=O)C(C(O)C7CNC(=N)N7C7OC(CO)C(O)C(O)C7O)NC(=O)C(C(O)C7CNC(=N)N7)NC6=O)cc5)C(O)C4O)C(O)C(O)C3O2)c1. The first-order valence-corrected chi connectivity index (χ1v) is 32.6. The smallest absolute Gasteiger partial charge is 0.246 e. The number of aliphatic hydroxyl groups is 12. The Balaban J connectivity index is 0.900. The largest absolute Gasteiger partial charge is 0.497 e. The van der Waals surface area contributed by atoms with Crippen LogP contribution in [0.15, 0.2) is 72.8 Å². The van der Waals surface area contributed by atoms with E-state index in [2.05, 4.69) is 47.9 Å². The molecule has 0 aromatic heterocycles. The maximum Gasteiger partial charge on any atom is 0.246 e. The van der Waals surface area contributed by atoms with Crippen molar-refractivity contribution in [1.29, 1.82) is 10.8 Å². The summed E-state index contributed by atoms with van der Waals surface area (Å²) in [7, 11) is 2.91. The Hall–Kier alpha value is -8.30. The maximum absolute atomic E-state index is 15.2. The quantitative estimate of drug-likeness (QED) is 0.0530. The number of amides is 6. The summed E-state index contributed by atoms with van der Waals surface area (Å²) >= 11 is 0. The van der Waals surface area contributed by atoms with Gasteiger partial charge in [-0.1, -0.05) is 49.4 Å². The zero-order valence-corrected chi connectivity index (χ0v) is 55.0. The van der Waals surface area contributed by atoms with Crippen molar-refractivity contribution in [3.8, 4) is 17.2 Å². The fraction of sp³-hybridized carbons (Fsp3) is 0.587. The van der Waals surface area contributed by atoms with Crippen molar-refractivity contribution < 1.29 is 133 Å². The molecular weight excluding hydrogens is 1360 g/mol. The average molecular weight is 1440 g/mol. The number of nitrogens with zero attached hydrogens (tertiary/aromatic N) is 1. The van der Waals surface area contributed by atoms with Crippen molar-refractivity contribution >= 4 is 47.4 Å². The molecule has 3 aromatic carbocycles. The van der Waals surface area contributed by atoms with Crippen LogP contribution in [-0.2, 0) is 63.6 Å².